The molecule has 2 aromatic heterocycles. The second-order valence-electron chi connectivity index (χ2n) is 8.67. The van der Waals surface area contributed by atoms with Crippen molar-refractivity contribution in [1.82, 2.24) is 19.9 Å². The highest BCUT2D eigenvalue weighted by molar-refractivity contribution is 6.12. The van der Waals surface area contributed by atoms with Gasteiger partial charge in [0, 0.05) is 18.3 Å². The third kappa shape index (κ3) is 4.50. The van der Waals surface area contributed by atoms with Crippen LogP contribution < -0.4 is 14.4 Å². The van der Waals surface area contributed by atoms with Crippen LogP contribution in [0.25, 0.3) is 10.9 Å². The van der Waals surface area contributed by atoms with Crippen molar-refractivity contribution in [1.29, 1.82) is 0 Å². The molecule has 5 rings (SSSR count). The van der Waals surface area contributed by atoms with Crippen LogP contribution in [0.4, 0.5) is 23.7 Å². The minimum Gasteiger partial charge on any atom is -0.497 e. The number of fused-ring (bicyclic) bond motifs is 1. The fourth-order valence-corrected chi connectivity index (χ4v) is 4.62. The average Bonchev–Trinajstić information content (AvgIpc) is 3.17. The zero-order valence-corrected chi connectivity index (χ0v) is 19.2. The molecular formula is C24H22F3N5O4. The summed E-state index contributed by atoms with van der Waals surface area (Å²) in [6.45, 7) is -0.325. The van der Waals surface area contributed by atoms with Gasteiger partial charge in [-0.2, -0.15) is 13.2 Å². The lowest BCUT2D eigenvalue weighted by Crippen LogP contribution is -2.44. The number of benzene rings is 1. The first-order valence-electron chi connectivity index (χ1n) is 11.4. The van der Waals surface area contributed by atoms with Crippen molar-refractivity contribution < 1.29 is 32.2 Å². The van der Waals surface area contributed by atoms with Crippen molar-refractivity contribution in [3.05, 3.63) is 48.5 Å². The molecule has 0 bridgehead atoms. The van der Waals surface area contributed by atoms with Crippen molar-refractivity contribution >= 4 is 28.5 Å². The Morgan fingerprint density at radius 2 is 1.81 bits per heavy atom. The number of halogens is 3. The van der Waals surface area contributed by atoms with Gasteiger partial charge in [0.05, 0.1) is 35.5 Å². The highest BCUT2D eigenvalue weighted by atomic mass is 19.4. The number of pyridine rings is 1. The van der Waals surface area contributed by atoms with Crippen molar-refractivity contribution in [3.63, 3.8) is 0 Å². The number of carbonyl (C=O) groups is 2. The Labute approximate surface area is 203 Å². The zero-order chi connectivity index (χ0) is 25.4. The summed E-state index contributed by atoms with van der Waals surface area (Å²) in [5.41, 5.74) is -0.354. The fraction of sp³-hybridized carbons (Fsp3) is 0.375. The van der Waals surface area contributed by atoms with Crippen molar-refractivity contribution in [3.8, 4) is 11.6 Å². The molecule has 1 aliphatic heterocycles. The smallest absolute Gasteiger partial charge is 0.417 e. The largest absolute Gasteiger partial charge is 0.497 e. The predicted octanol–water partition coefficient (Wildman–Crippen LogP) is 4.21. The molecule has 1 saturated carbocycles. The van der Waals surface area contributed by atoms with E-state index in [0.717, 1.165) is 27.4 Å². The van der Waals surface area contributed by atoms with Gasteiger partial charge in [-0.3, -0.25) is 19.6 Å². The molecule has 3 aromatic rings. The molecule has 0 N–H and O–H groups in total. The van der Waals surface area contributed by atoms with E-state index >= 15 is 0 Å². The van der Waals surface area contributed by atoms with Gasteiger partial charge in [0.25, 0.3) is 5.91 Å². The first-order valence-corrected chi connectivity index (χ1v) is 11.4. The summed E-state index contributed by atoms with van der Waals surface area (Å²) >= 11 is 0. The molecule has 1 saturated heterocycles. The number of nitrogens with zero attached hydrogens (tertiary/aromatic N) is 5. The number of ether oxygens (including phenoxy) is 2. The van der Waals surface area contributed by atoms with E-state index in [1.165, 1.54) is 6.33 Å². The standard InChI is InChI=1S/C24H22F3N5O4/c1-35-18-6-7-19-20(9-18)29-13-30-22(19)36-17-4-2-15(3-5-17)32-21(33)12-31(23(32)34)16-8-14(10-28-11-16)24(25,26)27/h6-11,13,15,17H,2-5,12H2,1H3/t15-,17-. The Hall–Kier alpha value is -3.96. The number of hydrogen-bond donors (Lipinski definition) is 0. The summed E-state index contributed by atoms with van der Waals surface area (Å²) < 4.78 is 50.6. The van der Waals surface area contributed by atoms with E-state index in [4.69, 9.17) is 9.47 Å². The summed E-state index contributed by atoms with van der Waals surface area (Å²) in [7, 11) is 1.57. The van der Waals surface area contributed by atoms with Gasteiger partial charge >= 0.3 is 12.2 Å². The summed E-state index contributed by atoms with van der Waals surface area (Å²) in [6.07, 6.45) is 0.650. The lowest BCUT2D eigenvalue weighted by Gasteiger charge is -2.33. The molecule has 9 nitrogen and oxygen atoms in total. The highest BCUT2D eigenvalue weighted by Crippen LogP contribution is 2.34. The number of amides is 3. The second-order valence-corrected chi connectivity index (χ2v) is 8.67. The molecule has 2 aliphatic rings. The van der Waals surface area contributed by atoms with E-state index in [9.17, 15) is 22.8 Å². The molecule has 0 spiro atoms. The summed E-state index contributed by atoms with van der Waals surface area (Å²) in [4.78, 5) is 40.0. The Morgan fingerprint density at radius 3 is 2.53 bits per heavy atom. The lowest BCUT2D eigenvalue weighted by molar-refractivity contribution is -0.137. The Bertz CT molecular complexity index is 1310. The Morgan fingerprint density at radius 1 is 1.03 bits per heavy atom. The maximum atomic E-state index is 13.1. The number of alkyl halides is 3. The molecule has 1 aromatic carbocycles. The lowest BCUT2D eigenvalue weighted by atomic mass is 9.92. The summed E-state index contributed by atoms with van der Waals surface area (Å²) in [5.74, 6) is 0.669. The number of rotatable bonds is 5. The van der Waals surface area contributed by atoms with Gasteiger partial charge in [0.2, 0.25) is 5.88 Å². The van der Waals surface area contributed by atoms with Crippen LogP contribution in [-0.2, 0) is 11.0 Å². The molecule has 3 heterocycles. The van der Waals surface area contributed by atoms with Crippen LogP contribution in [0.15, 0.2) is 43.0 Å². The van der Waals surface area contributed by atoms with Gasteiger partial charge in [-0.1, -0.05) is 0 Å². The quantitative estimate of drug-likeness (QED) is 0.483. The maximum absolute atomic E-state index is 13.1. The van der Waals surface area contributed by atoms with E-state index < -0.39 is 23.7 Å². The number of anilines is 1. The van der Waals surface area contributed by atoms with Crippen LogP contribution in [0.5, 0.6) is 11.6 Å². The highest BCUT2D eigenvalue weighted by Gasteiger charge is 2.43. The molecule has 0 unspecified atom stereocenters. The number of imide groups is 1. The normalized spacial score (nSPS) is 20.8. The third-order valence-electron chi connectivity index (χ3n) is 6.46. The monoisotopic (exact) mass is 501 g/mol. The predicted molar refractivity (Wildman–Crippen MR) is 122 cm³/mol. The minimum atomic E-state index is -4.60. The fourth-order valence-electron chi connectivity index (χ4n) is 4.62. The second kappa shape index (κ2) is 9.25. The molecule has 0 atom stereocenters. The van der Waals surface area contributed by atoms with E-state index in [-0.39, 0.29) is 24.4 Å². The zero-order valence-electron chi connectivity index (χ0n) is 19.2. The minimum absolute atomic E-state index is 0.0602. The van der Waals surface area contributed by atoms with E-state index in [0.29, 0.717) is 49.0 Å². The number of carbonyl (C=O) groups excluding carboxylic acids is 2. The molecular weight excluding hydrogens is 479 g/mol. The number of urea groups is 1. The maximum Gasteiger partial charge on any atom is 0.417 e. The van der Waals surface area contributed by atoms with Gasteiger partial charge in [0.15, 0.2) is 0 Å². The Balaban J connectivity index is 1.25. The van der Waals surface area contributed by atoms with Crippen LogP contribution in [0.3, 0.4) is 0 Å². The molecule has 0 radical (unpaired) electrons. The van der Waals surface area contributed by atoms with Crippen LogP contribution in [0.2, 0.25) is 0 Å². The van der Waals surface area contributed by atoms with Crippen LogP contribution in [-0.4, -0.2) is 57.6 Å². The molecule has 1 aliphatic carbocycles. The third-order valence-corrected chi connectivity index (χ3v) is 6.46. The van der Waals surface area contributed by atoms with Crippen molar-refractivity contribution in [2.45, 2.75) is 44.0 Å². The first-order chi connectivity index (χ1) is 17.2. The van der Waals surface area contributed by atoms with Crippen LogP contribution >= 0.6 is 0 Å². The van der Waals surface area contributed by atoms with Crippen LogP contribution in [0, 0.1) is 0 Å². The molecule has 3 amide bonds. The molecule has 2 fully saturated rings. The topological polar surface area (TPSA) is 97.8 Å². The molecule has 12 heteroatoms. The van der Waals surface area contributed by atoms with E-state index in [1.54, 1.807) is 19.2 Å². The van der Waals surface area contributed by atoms with Gasteiger partial charge in [-0.25, -0.2) is 14.8 Å². The van der Waals surface area contributed by atoms with Gasteiger partial charge in [-0.15, -0.1) is 0 Å². The van der Waals surface area contributed by atoms with Gasteiger partial charge in [0.1, 0.15) is 24.7 Å². The van der Waals surface area contributed by atoms with E-state index in [2.05, 4.69) is 15.0 Å². The van der Waals surface area contributed by atoms with E-state index in [1.807, 2.05) is 6.07 Å². The number of methoxy groups -OCH3 is 1. The summed E-state index contributed by atoms with van der Waals surface area (Å²) in [5, 5.41) is 0.746. The SMILES string of the molecule is COc1ccc2c(O[C@H]3CC[C@H](N4C(=O)CN(c5cncc(C(F)(F)F)c5)C4=O)CC3)ncnc2c1. The van der Waals surface area contributed by atoms with Gasteiger partial charge < -0.3 is 9.47 Å². The van der Waals surface area contributed by atoms with Crippen LogP contribution in [0.1, 0.15) is 31.2 Å². The first kappa shape index (κ1) is 23.8. The van der Waals surface area contributed by atoms with Crippen molar-refractivity contribution in [2.24, 2.45) is 0 Å². The van der Waals surface area contributed by atoms with Gasteiger partial charge in [-0.05, 0) is 43.9 Å². The summed E-state index contributed by atoms with van der Waals surface area (Å²) in [6, 6.07) is 5.24. The molecule has 36 heavy (non-hydrogen) atoms. The average molecular weight is 501 g/mol. The Kier molecular flexibility index (Phi) is 6.10. The number of hydrogen-bond acceptors (Lipinski definition) is 7. The molecule has 188 valence electrons. The number of aromatic nitrogens is 3. The van der Waals surface area contributed by atoms with Crippen molar-refractivity contribution in [2.75, 3.05) is 18.6 Å².